The smallest absolute Gasteiger partial charge is 0.0547 e. The third-order valence-corrected chi connectivity index (χ3v) is 3.33. The van der Waals surface area contributed by atoms with Crippen molar-refractivity contribution in [2.45, 2.75) is 53.4 Å². The van der Waals surface area contributed by atoms with Crippen LogP contribution < -0.4 is 10.6 Å². The van der Waals surface area contributed by atoms with Crippen LogP contribution in [0.25, 0.3) is 0 Å². The Morgan fingerprint density at radius 2 is 1.44 bits per heavy atom. The highest BCUT2D eigenvalue weighted by atomic mass is 15.1. The molecule has 0 aliphatic carbocycles. The van der Waals surface area contributed by atoms with Gasteiger partial charge in [0.15, 0.2) is 0 Å². The van der Waals surface area contributed by atoms with Crippen LogP contribution in [-0.4, -0.2) is 12.2 Å². The minimum absolute atomic E-state index is 0.333. The van der Waals surface area contributed by atoms with Gasteiger partial charge in [-0.05, 0) is 24.3 Å². The van der Waals surface area contributed by atoms with Gasteiger partial charge in [0.05, 0.1) is 6.17 Å². The summed E-state index contributed by atoms with van der Waals surface area (Å²) in [7, 11) is 0. The molecule has 0 aliphatic heterocycles. The second kappa shape index (κ2) is 7.55. The molecular weight excluding hydrogens is 220 g/mol. The molecule has 18 heavy (non-hydrogen) atoms. The highest BCUT2D eigenvalue weighted by molar-refractivity contribution is 5.14. The zero-order valence-corrected chi connectivity index (χ0v) is 12.4. The summed E-state index contributed by atoms with van der Waals surface area (Å²) in [6, 6.07) is 11.1. The molecule has 0 spiro atoms. The average molecular weight is 248 g/mol. The first-order valence-electron chi connectivity index (χ1n) is 7.04. The normalized spacial score (nSPS) is 13.6. The van der Waals surface area contributed by atoms with Gasteiger partial charge in [0, 0.05) is 12.6 Å². The van der Waals surface area contributed by atoms with E-state index in [1.165, 1.54) is 5.56 Å². The average Bonchev–Trinajstić information content (AvgIpc) is 2.34. The first-order valence-corrected chi connectivity index (χ1v) is 7.04. The summed E-state index contributed by atoms with van der Waals surface area (Å²) in [6.07, 6.45) is 0.333. The molecule has 2 nitrogen and oxygen atoms in total. The standard InChI is InChI=1S/C16H28N2/c1-12(2)16(13(3)4)18-14(5)17-11-15-9-7-6-8-10-15/h6-10,12-14,16-18H,11H2,1-5H3. The monoisotopic (exact) mass is 248 g/mol. The fraction of sp³-hybridized carbons (Fsp3) is 0.625. The fourth-order valence-corrected chi connectivity index (χ4v) is 2.37. The van der Waals surface area contributed by atoms with Crippen LogP contribution in [0.2, 0.25) is 0 Å². The van der Waals surface area contributed by atoms with Gasteiger partial charge in [0.1, 0.15) is 0 Å². The summed E-state index contributed by atoms with van der Waals surface area (Å²) < 4.78 is 0. The molecule has 1 unspecified atom stereocenters. The van der Waals surface area contributed by atoms with E-state index in [1.54, 1.807) is 0 Å². The van der Waals surface area contributed by atoms with Crippen molar-refractivity contribution in [1.29, 1.82) is 0 Å². The molecule has 1 aromatic rings. The van der Waals surface area contributed by atoms with E-state index in [0.29, 0.717) is 24.0 Å². The van der Waals surface area contributed by atoms with E-state index >= 15 is 0 Å². The Kier molecular flexibility index (Phi) is 6.37. The molecule has 0 saturated carbocycles. The SMILES string of the molecule is CC(NCc1ccccc1)NC(C(C)C)C(C)C. The highest BCUT2D eigenvalue weighted by Gasteiger charge is 2.18. The van der Waals surface area contributed by atoms with Gasteiger partial charge in [-0.3, -0.25) is 10.6 Å². The van der Waals surface area contributed by atoms with Crippen LogP contribution in [-0.2, 0) is 6.54 Å². The lowest BCUT2D eigenvalue weighted by Crippen LogP contribution is -2.49. The molecule has 0 aliphatic rings. The van der Waals surface area contributed by atoms with E-state index in [1.807, 2.05) is 0 Å². The largest absolute Gasteiger partial charge is 0.299 e. The van der Waals surface area contributed by atoms with Gasteiger partial charge in [0.25, 0.3) is 0 Å². The summed E-state index contributed by atoms with van der Waals surface area (Å²) in [6.45, 7) is 12.2. The van der Waals surface area contributed by atoms with Crippen molar-refractivity contribution in [3.63, 3.8) is 0 Å². The quantitative estimate of drug-likeness (QED) is 0.723. The zero-order valence-electron chi connectivity index (χ0n) is 12.4. The van der Waals surface area contributed by atoms with Crippen LogP contribution in [0.4, 0.5) is 0 Å². The van der Waals surface area contributed by atoms with E-state index in [9.17, 15) is 0 Å². The summed E-state index contributed by atoms with van der Waals surface area (Å²) in [5, 5.41) is 7.20. The molecular formula is C16H28N2. The van der Waals surface area contributed by atoms with Crippen LogP contribution in [0.15, 0.2) is 30.3 Å². The lowest BCUT2D eigenvalue weighted by Gasteiger charge is -2.30. The molecule has 1 rings (SSSR count). The molecule has 0 saturated heterocycles. The van der Waals surface area contributed by atoms with Gasteiger partial charge in [0.2, 0.25) is 0 Å². The fourth-order valence-electron chi connectivity index (χ4n) is 2.37. The van der Waals surface area contributed by atoms with Crippen molar-refractivity contribution in [2.75, 3.05) is 0 Å². The molecule has 0 bridgehead atoms. The Balaban J connectivity index is 2.39. The van der Waals surface area contributed by atoms with Crippen LogP contribution in [0.5, 0.6) is 0 Å². The van der Waals surface area contributed by atoms with Gasteiger partial charge in [-0.1, -0.05) is 58.0 Å². The first kappa shape index (κ1) is 15.2. The molecule has 0 aromatic heterocycles. The van der Waals surface area contributed by atoms with Crippen molar-refractivity contribution in [1.82, 2.24) is 10.6 Å². The highest BCUT2D eigenvalue weighted by Crippen LogP contribution is 2.12. The predicted octanol–water partition coefficient (Wildman–Crippen LogP) is 3.39. The van der Waals surface area contributed by atoms with Crippen molar-refractivity contribution in [3.05, 3.63) is 35.9 Å². The van der Waals surface area contributed by atoms with Crippen LogP contribution in [0.1, 0.15) is 40.2 Å². The number of benzene rings is 1. The maximum atomic E-state index is 3.67. The topological polar surface area (TPSA) is 24.1 Å². The molecule has 1 aromatic carbocycles. The summed E-state index contributed by atoms with van der Waals surface area (Å²) in [5.41, 5.74) is 1.33. The molecule has 0 fully saturated rings. The summed E-state index contributed by atoms with van der Waals surface area (Å²) in [4.78, 5) is 0. The van der Waals surface area contributed by atoms with Crippen LogP contribution in [0.3, 0.4) is 0 Å². The van der Waals surface area contributed by atoms with Gasteiger partial charge < -0.3 is 0 Å². The zero-order chi connectivity index (χ0) is 13.5. The van der Waals surface area contributed by atoms with Crippen molar-refractivity contribution >= 4 is 0 Å². The molecule has 102 valence electrons. The number of hydrogen-bond donors (Lipinski definition) is 2. The molecule has 1 atom stereocenters. The molecule has 0 amide bonds. The van der Waals surface area contributed by atoms with E-state index in [-0.39, 0.29) is 0 Å². The van der Waals surface area contributed by atoms with Crippen LogP contribution >= 0.6 is 0 Å². The maximum Gasteiger partial charge on any atom is 0.0547 e. The van der Waals surface area contributed by atoms with Crippen molar-refractivity contribution < 1.29 is 0 Å². The van der Waals surface area contributed by atoms with Gasteiger partial charge in [-0.2, -0.15) is 0 Å². The van der Waals surface area contributed by atoms with E-state index in [4.69, 9.17) is 0 Å². The second-order valence-electron chi connectivity index (χ2n) is 5.77. The molecule has 2 heteroatoms. The number of nitrogens with one attached hydrogen (secondary N) is 2. The minimum Gasteiger partial charge on any atom is -0.299 e. The van der Waals surface area contributed by atoms with Crippen LogP contribution in [0, 0.1) is 11.8 Å². The first-order chi connectivity index (χ1) is 8.50. The third-order valence-electron chi connectivity index (χ3n) is 3.33. The van der Waals surface area contributed by atoms with Gasteiger partial charge >= 0.3 is 0 Å². The lowest BCUT2D eigenvalue weighted by atomic mass is 9.93. The third kappa shape index (κ3) is 5.19. The number of hydrogen-bond acceptors (Lipinski definition) is 2. The van der Waals surface area contributed by atoms with E-state index in [0.717, 1.165) is 6.54 Å². The number of rotatable bonds is 7. The maximum absolute atomic E-state index is 3.67. The molecule has 0 heterocycles. The van der Waals surface area contributed by atoms with Crippen molar-refractivity contribution in [2.24, 2.45) is 11.8 Å². The predicted molar refractivity (Wildman–Crippen MR) is 79.3 cm³/mol. The Morgan fingerprint density at radius 1 is 0.889 bits per heavy atom. The van der Waals surface area contributed by atoms with Gasteiger partial charge in [-0.25, -0.2) is 0 Å². The van der Waals surface area contributed by atoms with E-state index in [2.05, 4.69) is 75.6 Å². The minimum atomic E-state index is 0.333. The Hall–Kier alpha value is -0.860. The summed E-state index contributed by atoms with van der Waals surface area (Å²) in [5.74, 6) is 1.32. The molecule has 0 radical (unpaired) electrons. The lowest BCUT2D eigenvalue weighted by molar-refractivity contribution is 0.269. The Bertz CT molecular complexity index is 311. The van der Waals surface area contributed by atoms with Crippen molar-refractivity contribution in [3.8, 4) is 0 Å². The second-order valence-corrected chi connectivity index (χ2v) is 5.77. The Morgan fingerprint density at radius 3 is 1.94 bits per heavy atom. The van der Waals surface area contributed by atoms with Gasteiger partial charge in [-0.15, -0.1) is 0 Å². The Labute approximate surface area is 112 Å². The summed E-state index contributed by atoms with van der Waals surface area (Å²) >= 11 is 0. The molecule has 2 N–H and O–H groups in total. The van der Waals surface area contributed by atoms with E-state index < -0.39 is 0 Å².